The van der Waals surface area contributed by atoms with Crippen molar-refractivity contribution >= 4 is 29.2 Å². The minimum atomic E-state index is -0.378. The normalized spacial score (nSPS) is 10.3. The third-order valence-corrected chi connectivity index (χ3v) is 4.13. The average Bonchev–Trinajstić information content (AvgIpc) is 2.73. The van der Waals surface area contributed by atoms with E-state index < -0.39 is 0 Å². The Morgan fingerprint density at radius 2 is 1.67 bits per heavy atom. The molecule has 0 spiro atoms. The summed E-state index contributed by atoms with van der Waals surface area (Å²) in [6.07, 6.45) is 5.02. The molecule has 0 fully saturated rings. The van der Waals surface area contributed by atoms with Crippen LogP contribution in [-0.2, 0) is 0 Å². The molecular weight excluding hydrogens is 362 g/mol. The van der Waals surface area contributed by atoms with Gasteiger partial charge in [0.05, 0.1) is 22.5 Å². The maximum Gasteiger partial charge on any atom is 0.265 e. The van der Waals surface area contributed by atoms with Gasteiger partial charge >= 0.3 is 0 Å². The van der Waals surface area contributed by atoms with Crippen molar-refractivity contribution in [3.8, 4) is 22.5 Å². The molecule has 4 rings (SSSR count). The van der Waals surface area contributed by atoms with Crippen molar-refractivity contribution in [1.82, 2.24) is 20.4 Å². The van der Waals surface area contributed by atoms with Crippen molar-refractivity contribution in [3.05, 3.63) is 78.8 Å². The van der Waals surface area contributed by atoms with Crippen molar-refractivity contribution in [2.75, 3.05) is 0 Å². The number of rotatable bonds is 3. The van der Waals surface area contributed by atoms with Crippen LogP contribution >= 0.6 is 12.4 Å². The molecule has 3 heterocycles. The number of benzene rings is 1. The molecule has 1 amide bonds. The highest BCUT2D eigenvalue weighted by atomic mass is 35.5. The molecule has 6 nitrogen and oxygen atoms in total. The van der Waals surface area contributed by atoms with E-state index in [-0.39, 0.29) is 18.3 Å². The fraction of sp³-hybridized carbons (Fsp3) is 0. The summed E-state index contributed by atoms with van der Waals surface area (Å²) in [7, 11) is 0. The number of nitrogens with one attached hydrogen (secondary N) is 1. The second kappa shape index (κ2) is 7.90. The smallest absolute Gasteiger partial charge is 0.265 e. The SMILES string of the molecule is Cl.NNC(=O)c1cc(-c2ccc(-c3ccccn3)cc2)nc2ccncc12. The van der Waals surface area contributed by atoms with Crippen LogP contribution in [-0.4, -0.2) is 20.9 Å². The van der Waals surface area contributed by atoms with Crippen LogP contribution in [0, 0.1) is 0 Å². The molecule has 0 unspecified atom stereocenters. The molecule has 1 aromatic carbocycles. The monoisotopic (exact) mass is 377 g/mol. The maximum absolute atomic E-state index is 12.2. The second-order valence-electron chi connectivity index (χ2n) is 5.71. The zero-order valence-corrected chi connectivity index (χ0v) is 15.0. The number of hydrazine groups is 1. The summed E-state index contributed by atoms with van der Waals surface area (Å²) in [4.78, 5) is 25.2. The van der Waals surface area contributed by atoms with Gasteiger partial charge in [-0.2, -0.15) is 0 Å². The number of hydrogen-bond donors (Lipinski definition) is 2. The van der Waals surface area contributed by atoms with Crippen LogP contribution in [0.4, 0.5) is 0 Å². The molecule has 0 bridgehead atoms. The van der Waals surface area contributed by atoms with Crippen molar-refractivity contribution in [2.45, 2.75) is 0 Å². The van der Waals surface area contributed by atoms with Gasteiger partial charge in [0.2, 0.25) is 0 Å². The third kappa shape index (κ3) is 3.62. The number of carbonyl (C=O) groups is 1. The molecular formula is C20H16ClN5O. The van der Waals surface area contributed by atoms with Gasteiger partial charge in [-0.25, -0.2) is 10.8 Å². The number of nitrogens with two attached hydrogens (primary N) is 1. The van der Waals surface area contributed by atoms with E-state index in [0.717, 1.165) is 16.8 Å². The number of amides is 1. The van der Waals surface area contributed by atoms with Crippen LogP contribution in [0.1, 0.15) is 10.4 Å². The van der Waals surface area contributed by atoms with Crippen LogP contribution in [0.5, 0.6) is 0 Å². The second-order valence-corrected chi connectivity index (χ2v) is 5.71. The van der Waals surface area contributed by atoms with E-state index in [9.17, 15) is 4.79 Å². The lowest BCUT2D eigenvalue weighted by Crippen LogP contribution is -2.30. The summed E-state index contributed by atoms with van der Waals surface area (Å²) in [6.45, 7) is 0. The number of nitrogens with zero attached hydrogens (tertiary/aromatic N) is 3. The van der Waals surface area contributed by atoms with Crippen molar-refractivity contribution < 1.29 is 4.79 Å². The molecule has 0 aliphatic carbocycles. The first-order valence-corrected chi connectivity index (χ1v) is 8.04. The minimum Gasteiger partial charge on any atom is -0.290 e. The largest absolute Gasteiger partial charge is 0.290 e. The highest BCUT2D eigenvalue weighted by Gasteiger charge is 2.13. The number of hydrogen-bond acceptors (Lipinski definition) is 5. The van der Waals surface area contributed by atoms with E-state index in [1.165, 1.54) is 0 Å². The van der Waals surface area contributed by atoms with E-state index in [1.807, 2.05) is 42.5 Å². The Balaban J connectivity index is 0.00000210. The minimum absolute atomic E-state index is 0. The van der Waals surface area contributed by atoms with E-state index in [1.54, 1.807) is 30.7 Å². The fourth-order valence-corrected chi connectivity index (χ4v) is 2.83. The van der Waals surface area contributed by atoms with Crippen molar-refractivity contribution in [3.63, 3.8) is 0 Å². The predicted molar refractivity (Wildman–Crippen MR) is 107 cm³/mol. The molecule has 0 saturated heterocycles. The van der Waals surface area contributed by atoms with E-state index in [0.29, 0.717) is 22.2 Å². The van der Waals surface area contributed by atoms with Crippen LogP contribution in [0.3, 0.4) is 0 Å². The molecule has 134 valence electrons. The van der Waals surface area contributed by atoms with Crippen molar-refractivity contribution in [1.29, 1.82) is 0 Å². The molecule has 0 radical (unpaired) electrons. The van der Waals surface area contributed by atoms with Crippen LogP contribution in [0.15, 0.2) is 73.2 Å². The summed E-state index contributed by atoms with van der Waals surface area (Å²) in [6, 6.07) is 17.2. The van der Waals surface area contributed by atoms with Gasteiger partial charge in [-0.05, 0) is 24.3 Å². The van der Waals surface area contributed by atoms with Gasteiger partial charge in [0.25, 0.3) is 5.91 Å². The lowest BCUT2D eigenvalue weighted by atomic mass is 10.0. The van der Waals surface area contributed by atoms with Gasteiger partial charge in [0, 0.05) is 35.1 Å². The first-order valence-electron chi connectivity index (χ1n) is 8.04. The Morgan fingerprint density at radius 1 is 0.926 bits per heavy atom. The zero-order chi connectivity index (χ0) is 17.9. The Labute approximate surface area is 161 Å². The number of fused-ring (bicyclic) bond motifs is 1. The summed E-state index contributed by atoms with van der Waals surface area (Å²) < 4.78 is 0. The summed E-state index contributed by atoms with van der Waals surface area (Å²) in [5.41, 5.74) is 6.81. The zero-order valence-electron chi connectivity index (χ0n) is 14.2. The van der Waals surface area contributed by atoms with Gasteiger partial charge in [-0.3, -0.25) is 20.2 Å². The summed E-state index contributed by atoms with van der Waals surface area (Å²) in [5.74, 6) is 4.94. The van der Waals surface area contributed by atoms with Crippen LogP contribution in [0.2, 0.25) is 0 Å². The summed E-state index contributed by atoms with van der Waals surface area (Å²) in [5, 5.41) is 0.657. The first kappa shape index (κ1) is 18.4. The molecule has 4 aromatic rings. The standard InChI is InChI=1S/C20H15N5O.ClH/c21-25-20(26)15-11-19(24-18-8-10-22-12-16(15)18)14-6-4-13(5-7-14)17-3-1-2-9-23-17;/h1-12H,21H2,(H,25,26);1H. The predicted octanol–water partition coefficient (Wildman–Crippen LogP) is 3.38. The Kier molecular flexibility index (Phi) is 5.40. The molecule has 0 saturated carbocycles. The number of aromatic nitrogens is 3. The summed E-state index contributed by atoms with van der Waals surface area (Å²) >= 11 is 0. The third-order valence-electron chi connectivity index (χ3n) is 4.13. The molecule has 27 heavy (non-hydrogen) atoms. The molecule has 3 N–H and O–H groups in total. The fourth-order valence-electron chi connectivity index (χ4n) is 2.83. The van der Waals surface area contributed by atoms with E-state index in [4.69, 9.17) is 5.84 Å². The molecule has 0 atom stereocenters. The molecule has 3 aromatic heterocycles. The number of halogens is 1. The maximum atomic E-state index is 12.2. The van der Waals surface area contributed by atoms with E-state index >= 15 is 0 Å². The lowest BCUT2D eigenvalue weighted by Gasteiger charge is -2.09. The molecule has 0 aliphatic rings. The Bertz CT molecular complexity index is 1080. The van der Waals surface area contributed by atoms with E-state index in [2.05, 4.69) is 20.4 Å². The number of pyridine rings is 3. The van der Waals surface area contributed by atoms with Gasteiger partial charge < -0.3 is 0 Å². The van der Waals surface area contributed by atoms with Crippen LogP contribution < -0.4 is 11.3 Å². The topological polar surface area (TPSA) is 93.8 Å². The highest BCUT2D eigenvalue weighted by molar-refractivity contribution is 6.06. The van der Waals surface area contributed by atoms with Crippen molar-refractivity contribution in [2.24, 2.45) is 5.84 Å². The molecule has 7 heteroatoms. The average molecular weight is 378 g/mol. The van der Waals surface area contributed by atoms with Gasteiger partial charge in [-0.15, -0.1) is 12.4 Å². The lowest BCUT2D eigenvalue weighted by molar-refractivity contribution is 0.0955. The first-order chi connectivity index (χ1) is 12.8. The number of nitrogen functional groups attached to an aromatic ring is 1. The Morgan fingerprint density at radius 3 is 2.33 bits per heavy atom. The number of carbonyl (C=O) groups excluding carboxylic acids is 1. The van der Waals surface area contributed by atoms with Gasteiger partial charge in [0.15, 0.2) is 0 Å². The Hall–Kier alpha value is -3.35. The van der Waals surface area contributed by atoms with Gasteiger partial charge in [0.1, 0.15) is 0 Å². The van der Waals surface area contributed by atoms with Gasteiger partial charge in [-0.1, -0.05) is 30.3 Å². The van der Waals surface area contributed by atoms with Crippen LogP contribution in [0.25, 0.3) is 33.4 Å². The highest BCUT2D eigenvalue weighted by Crippen LogP contribution is 2.26. The quantitative estimate of drug-likeness (QED) is 0.324. The molecule has 0 aliphatic heterocycles.